The zero-order chi connectivity index (χ0) is 14.5. The number of pyridine rings is 1. The molecule has 0 saturated heterocycles. The van der Waals surface area contributed by atoms with E-state index in [2.05, 4.69) is 53.6 Å². The van der Waals surface area contributed by atoms with E-state index < -0.39 is 0 Å². The van der Waals surface area contributed by atoms with Gasteiger partial charge in [-0.25, -0.2) is 0 Å². The van der Waals surface area contributed by atoms with Crippen molar-refractivity contribution in [3.63, 3.8) is 0 Å². The third-order valence-electron chi connectivity index (χ3n) is 4.51. The Kier molecular flexibility index (Phi) is 4.66. The molecule has 1 aliphatic carbocycles. The molecule has 2 unspecified atom stereocenters. The fourth-order valence-electron chi connectivity index (χ4n) is 3.52. The second kappa shape index (κ2) is 6.86. The molecule has 0 amide bonds. The second-order valence-corrected chi connectivity index (χ2v) is 5.89. The van der Waals surface area contributed by atoms with Gasteiger partial charge in [0.15, 0.2) is 0 Å². The number of fused-ring (bicyclic) bond motifs is 1. The Hall–Kier alpha value is -1.67. The molecule has 1 aliphatic rings. The highest BCUT2D eigenvalue weighted by molar-refractivity contribution is 5.33. The summed E-state index contributed by atoms with van der Waals surface area (Å²) >= 11 is 0. The maximum Gasteiger partial charge on any atom is 0.0573 e. The minimum atomic E-state index is 0.354. The summed E-state index contributed by atoms with van der Waals surface area (Å²) in [7, 11) is 0. The van der Waals surface area contributed by atoms with E-state index in [0.29, 0.717) is 12.0 Å². The van der Waals surface area contributed by atoms with Crippen LogP contribution in [0.2, 0.25) is 0 Å². The van der Waals surface area contributed by atoms with Crippen LogP contribution in [0.1, 0.15) is 55.0 Å². The molecule has 2 aromatic rings. The highest BCUT2D eigenvalue weighted by Gasteiger charge is 2.24. The second-order valence-electron chi connectivity index (χ2n) is 5.89. The van der Waals surface area contributed by atoms with Crippen LogP contribution in [-0.4, -0.2) is 11.5 Å². The number of aromatic nitrogens is 1. The fraction of sp³-hybridized carbons (Fsp3) is 0.421. The molecule has 3 rings (SSSR count). The number of rotatable bonds is 5. The van der Waals surface area contributed by atoms with Gasteiger partial charge in [0.1, 0.15) is 0 Å². The lowest BCUT2D eigenvalue weighted by Crippen LogP contribution is -2.25. The summed E-state index contributed by atoms with van der Waals surface area (Å²) < 4.78 is 0. The number of hydrogen-bond acceptors (Lipinski definition) is 2. The molecule has 1 heterocycles. The summed E-state index contributed by atoms with van der Waals surface area (Å²) in [6.45, 7) is 3.15. The number of hydrogen-bond donors (Lipinski definition) is 1. The quantitative estimate of drug-likeness (QED) is 0.886. The van der Waals surface area contributed by atoms with Gasteiger partial charge in [0, 0.05) is 6.20 Å². The summed E-state index contributed by atoms with van der Waals surface area (Å²) in [5.74, 6) is 0.654. The molecule has 0 aliphatic heterocycles. The Labute approximate surface area is 127 Å². The summed E-state index contributed by atoms with van der Waals surface area (Å²) in [5.41, 5.74) is 4.27. The first-order chi connectivity index (χ1) is 10.4. The maximum atomic E-state index is 4.56. The van der Waals surface area contributed by atoms with Crippen LogP contribution in [0.3, 0.4) is 0 Å². The van der Waals surface area contributed by atoms with Gasteiger partial charge in [-0.2, -0.15) is 0 Å². The van der Waals surface area contributed by atoms with E-state index in [1.807, 2.05) is 12.3 Å². The van der Waals surface area contributed by atoms with E-state index in [9.17, 15) is 0 Å². The normalized spacial score (nSPS) is 19.0. The average Bonchev–Trinajstić information content (AvgIpc) is 2.55. The lowest BCUT2D eigenvalue weighted by Gasteiger charge is -2.29. The Morgan fingerprint density at radius 1 is 1.19 bits per heavy atom. The molecule has 0 radical (unpaired) electrons. The zero-order valence-electron chi connectivity index (χ0n) is 12.8. The van der Waals surface area contributed by atoms with E-state index >= 15 is 0 Å². The number of nitrogens with one attached hydrogen (secondary N) is 1. The molecule has 2 atom stereocenters. The van der Waals surface area contributed by atoms with Crippen LogP contribution in [0.5, 0.6) is 0 Å². The summed E-state index contributed by atoms with van der Waals surface area (Å²) in [4.78, 5) is 4.56. The molecule has 0 bridgehead atoms. The van der Waals surface area contributed by atoms with Crippen molar-refractivity contribution < 1.29 is 0 Å². The first kappa shape index (κ1) is 14.3. The minimum absolute atomic E-state index is 0.354. The molecule has 0 fully saturated rings. The van der Waals surface area contributed by atoms with Gasteiger partial charge in [0.25, 0.3) is 0 Å². The lowest BCUT2D eigenvalue weighted by molar-refractivity contribution is 0.420. The number of nitrogens with zero attached hydrogens (tertiary/aromatic N) is 1. The van der Waals surface area contributed by atoms with E-state index in [-0.39, 0.29) is 0 Å². The van der Waals surface area contributed by atoms with Crippen LogP contribution < -0.4 is 5.32 Å². The van der Waals surface area contributed by atoms with Crippen LogP contribution in [0.15, 0.2) is 48.7 Å². The van der Waals surface area contributed by atoms with Crippen LogP contribution in [0.25, 0.3) is 0 Å². The van der Waals surface area contributed by atoms with Gasteiger partial charge in [0.2, 0.25) is 0 Å². The standard InChI is InChI=1S/C19H24N2/c1-2-20-19(18-12-5-6-13-21-18)14-16-10-7-9-15-8-3-4-11-17(15)16/h3-6,8,11-13,16,19-20H,2,7,9-10,14H2,1H3. The topological polar surface area (TPSA) is 24.9 Å². The van der Waals surface area contributed by atoms with E-state index in [1.54, 1.807) is 11.1 Å². The Morgan fingerprint density at radius 3 is 2.86 bits per heavy atom. The van der Waals surface area contributed by atoms with Crippen LogP contribution in [0, 0.1) is 0 Å². The van der Waals surface area contributed by atoms with Crippen LogP contribution in [-0.2, 0) is 6.42 Å². The van der Waals surface area contributed by atoms with Crippen molar-refractivity contribution in [2.75, 3.05) is 6.54 Å². The van der Waals surface area contributed by atoms with Gasteiger partial charge in [-0.3, -0.25) is 4.98 Å². The Morgan fingerprint density at radius 2 is 2.05 bits per heavy atom. The first-order valence-electron chi connectivity index (χ1n) is 8.10. The summed E-state index contributed by atoms with van der Waals surface area (Å²) in [5, 5.41) is 3.61. The average molecular weight is 280 g/mol. The molecule has 0 saturated carbocycles. The highest BCUT2D eigenvalue weighted by Crippen LogP contribution is 2.37. The number of benzene rings is 1. The molecule has 2 heteroatoms. The predicted molar refractivity (Wildman–Crippen MR) is 87.4 cm³/mol. The van der Waals surface area contributed by atoms with E-state index in [0.717, 1.165) is 13.0 Å². The molecule has 110 valence electrons. The molecular formula is C19H24N2. The van der Waals surface area contributed by atoms with Crippen LogP contribution >= 0.6 is 0 Å². The van der Waals surface area contributed by atoms with Crippen molar-refractivity contribution in [1.82, 2.24) is 10.3 Å². The molecule has 1 aromatic carbocycles. The molecule has 1 N–H and O–H groups in total. The molecule has 0 spiro atoms. The summed E-state index contributed by atoms with van der Waals surface area (Å²) in [6, 6.07) is 15.5. The molecule has 1 aromatic heterocycles. The maximum absolute atomic E-state index is 4.56. The summed E-state index contributed by atoms with van der Waals surface area (Å²) in [6.07, 6.45) is 6.88. The van der Waals surface area contributed by atoms with Gasteiger partial charge in [-0.05, 0) is 61.4 Å². The zero-order valence-corrected chi connectivity index (χ0v) is 12.8. The monoisotopic (exact) mass is 280 g/mol. The van der Waals surface area contributed by atoms with Crippen molar-refractivity contribution in [3.05, 3.63) is 65.5 Å². The third-order valence-corrected chi connectivity index (χ3v) is 4.51. The molecular weight excluding hydrogens is 256 g/mol. The van der Waals surface area contributed by atoms with Crippen molar-refractivity contribution in [2.24, 2.45) is 0 Å². The van der Waals surface area contributed by atoms with Crippen molar-refractivity contribution in [1.29, 1.82) is 0 Å². The highest BCUT2D eigenvalue weighted by atomic mass is 14.9. The molecule has 21 heavy (non-hydrogen) atoms. The SMILES string of the molecule is CCNC(CC1CCCc2ccccc21)c1ccccn1. The third kappa shape index (κ3) is 3.33. The van der Waals surface area contributed by atoms with Gasteiger partial charge in [-0.15, -0.1) is 0 Å². The Balaban J connectivity index is 1.81. The van der Waals surface area contributed by atoms with E-state index in [1.165, 1.54) is 25.0 Å². The van der Waals surface area contributed by atoms with E-state index in [4.69, 9.17) is 0 Å². The van der Waals surface area contributed by atoms with Crippen molar-refractivity contribution in [2.45, 2.75) is 44.6 Å². The van der Waals surface area contributed by atoms with Gasteiger partial charge < -0.3 is 5.32 Å². The van der Waals surface area contributed by atoms with Gasteiger partial charge in [-0.1, -0.05) is 37.3 Å². The molecule has 2 nitrogen and oxygen atoms in total. The lowest BCUT2D eigenvalue weighted by atomic mass is 9.79. The minimum Gasteiger partial charge on any atom is -0.309 e. The van der Waals surface area contributed by atoms with Gasteiger partial charge >= 0.3 is 0 Å². The fourth-order valence-corrected chi connectivity index (χ4v) is 3.52. The Bertz CT molecular complexity index is 565. The smallest absolute Gasteiger partial charge is 0.0573 e. The van der Waals surface area contributed by atoms with Crippen molar-refractivity contribution >= 4 is 0 Å². The predicted octanol–water partition coefficient (Wildman–Crippen LogP) is 4.24. The first-order valence-corrected chi connectivity index (χ1v) is 8.10. The van der Waals surface area contributed by atoms with Crippen molar-refractivity contribution in [3.8, 4) is 0 Å². The van der Waals surface area contributed by atoms with Gasteiger partial charge in [0.05, 0.1) is 11.7 Å². The number of aryl methyl sites for hydroxylation is 1. The van der Waals surface area contributed by atoms with Crippen LogP contribution in [0.4, 0.5) is 0 Å². The largest absolute Gasteiger partial charge is 0.309 e.